The lowest BCUT2D eigenvalue weighted by Gasteiger charge is -2.02. The van der Waals surface area contributed by atoms with Crippen molar-refractivity contribution in [3.8, 4) is 0 Å². The Kier molecular flexibility index (Phi) is 3.12. The molecule has 114 valence electrons. The first kappa shape index (κ1) is 14.4. The molecule has 0 aromatic carbocycles. The minimum atomic E-state index is -0.586. The van der Waals surface area contributed by atoms with E-state index in [2.05, 4.69) is 9.73 Å². The molecule has 0 fully saturated rings. The van der Waals surface area contributed by atoms with E-state index in [9.17, 15) is 14.4 Å². The Morgan fingerprint density at radius 1 is 1.41 bits per heavy atom. The lowest BCUT2D eigenvalue weighted by Crippen LogP contribution is -2.44. The largest absolute Gasteiger partial charge is 0.464 e. The zero-order chi connectivity index (χ0) is 16.2. The van der Waals surface area contributed by atoms with Gasteiger partial charge in [-0.15, -0.1) is 0 Å². The Morgan fingerprint density at radius 2 is 2.09 bits per heavy atom. The summed E-state index contributed by atoms with van der Waals surface area (Å²) < 4.78 is 5.87. The second kappa shape index (κ2) is 4.76. The van der Waals surface area contributed by atoms with Crippen molar-refractivity contribution in [3.05, 3.63) is 38.4 Å². The molecule has 0 saturated carbocycles. The van der Waals surface area contributed by atoms with E-state index < -0.39 is 11.5 Å². The van der Waals surface area contributed by atoms with E-state index in [1.54, 1.807) is 19.9 Å². The van der Waals surface area contributed by atoms with E-state index in [1.807, 2.05) is 6.92 Å². The lowest BCUT2D eigenvalue weighted by atomic mass is 10.00. The summed E-state index contributed by atoms with van der Waals surface area (Å²) in [5, 5.41) is 0.768. The van der Waals surface area contributed by atoms with Crippen LogP contribution in [0.3, 0.4) is 0 Å². The minimum absolute atomic E-state index is 0.123. The molecule has 6 nitrogen and oxygen atoms in total. The standard InChI is InChI=1S/C16H16N2O4/c1-5-9-8(3)14(19)18-11(9)6-10-7(2)12(16(21)22-4)17-13(10)15(18)20/h6,8H,5H2,1-4H3. The van der Waals surface area contributed by atoms with E-state index >= 15 is 0 Å². The van der Waals surface area contributed by atoms with Crippen LogP contribution in [0.4, 0.5) is 0 Å². The number of nitrogens with zero attached hydrogens (tertiary/aromatic N) is 2. The second-order valence-electron chi connectivity index (χ2n) is 5.45. The second-order valence-corrected chi connectivity index (χ2v) is 5.45. The van der Waals surface area contributed by atoms with E-state index in [-0.39, 0.29) is 22.9 Å². The Balaban J connectivity index is 2.40. The number of carbonyl (C=O) groups is 2. The van der Waals surface area contributed by atoms with Gasteiger partial charge in [0, 0.05) is 5.56 Å². The first-order valence-corrected chi connectivity index (χ1v) is 7.14. The summed E-state index contributed by atoms with van der Waals surface area (Å²) in [6.07, 6.45) is 0.689. The number of aromatic nitrogens is 1. The predicted octanol–water partition coefficient (Wildman–Crippen LogP) is 0.236. The quantitative estimate of drug-likeness (QED) is 0.733. The monoisotopic (exact) mass is 300 g/mol. The summed E-state index contributed by atoms with van der Waals surface area (Å²) in [5.74, 6) is -1.12. The molecule has 0 saturated heterocycles. The lowest BCUT2D eigenvalue weighted by molar-refractivity contribution is -0.136. The van der Waals surface area contributed by atoms with Gasteiger partial charge in [-0.05, 0) is 37.5 Å². The number of rotatable bonds is 2. The summed E-state index contributed by atoms with van der Waals surface area (Å²) in [7, 11) is 1.27. The molecule has 1 aromatic heterocycles. The highest BCUT2D eigenvalue weighted by Gasteiger charge is 2.31. The van der Waals surface area contributed by atoms with Crippen LogP contribution >= 0.6 is 0 Å². The van der Waals surface area contributed by atoms with Gasteiger partial charge in [0.15, 0.2) is 5.70 Å². The molecule has 1 atom stereocenters. The van der Waals surface area contributed by atoms with Gasteiger partial charge < -0.3 is 4.74 Å². The average molecular weight is 300 g/mol. The van der Waals surface area contributed by atoms with Gasteiger partial charge in [0.2, 0.25) is 5.91 Å². The molecule has 2 aliphatic heterocycles. The third kappa shape index (κ3) is 1.66. The van der Waals surface area contributed by atoms with Gasteiger partial charge in [-0.2, -0.15) is 0 Å². The topological polar surface area (TPSA) is 77.7 Å². The summed E-state index contributed by atoms with van der Waals surface area (Å²) in [6.45, 7) is 5.49. The van der Waals surface area contributed by atoms with Crippen LogP contribution in [0.1, 0.15) is 37.6 Å². The van der Waals surface area contributed by atoms with Crippen molar-refractivity contribution in [3.63, 3.8) is 0 Å². The van der Waals surface area contributed by atoms with Crippen molar-refractivity contribution >= 4 is 23.0 Å². The highest BCUT2D eigenvalue weighted by Crippen LogP contribution is 2.23. The number of esters is 1. The Morgan fingerprint density at radius 3 is 2.68 bits per heavy atom. The fraction of sp³-hybridized carbons (Fsp3) is 0.375. The predicted molar refractivity (Wildman–Crippen MR) is 79.6 cm³/mol. The van der Waals surface area contributed by atoms with Gasteiger partial charge in [0.25, 0.3) is 5.56 Å². The first-order valence-electron chi connectivity index (χ1n) is 7.14. The molecule has 1 aromatic rings. The van der Waals surface area contributed by atoms with Gasteiger partial charge in [-0.3, -0.25) is 9.59 Å². The minimum Gasteiger partial charge on any atom is -0.464 e. The third-order valence-corrected chi connectivity index (χ3v) is 4.37. The molecule has 2 aliphatic rings. The molecule has 0 radical (unpaired) electrons. The molecule has 3 heterocycles. The molecule has 0 spiro atoms. The van der Waals surface area contributed by atoms with Crippen LogP contribution in [0.25, 0.3) is 11.1 Å². The zero-order valence-corrected chi connectivity index (χ0v) is 12.9. The number of hydrogen-bond donors (Lipinski definition) is 0. The molecule has 1 unspecified atom stereocenters. The van der Waals surface area contributed by atoms with Gasteiger partial charge in [-0.25, -0.2) is 14.4 Å². The molecule has 0 amide bonds. The summed E-state index contributed by atoms with van der Waals surface area (Å²) >= 11 is 0. The number of ether oxygens (including phenoxy) is 1. The fourth-order valence-electron chi connectivity index (χ4n) is 3.12. The number of methoxy groups -OCH3 is 1. The van der Waals surface area contributed by atoms with Crippen molar-refractivity contribution < 1.29 is 14.3 Å². The average Bonchev–Trinajstić information content (AvgIpc) is 2.96. The maximum absolute atomic E-state index is 12.6. The van der Waals surface area contributed by atoms with Crippen molar-refractivity contribution in [2.75, 3.05) is 7.11 Å². The number of fused-ring (bicyclic) bond motifs is 2. The maximum atomic E-state index is 12.6. The van der Waals surface area contributed by atoms with Gasteiger partial charge in [0.1, 0.15) is 5.36 Å². The normalized spacial score (nSPS) is 19.2. The van der Waals surface area contributed by atoms with Crippen molar-refractivity contribution in [1.29, 1.82) is 0 Å². The summed E-state index contributed by atoms with van der Waals surface area (Å²) in [4.78, 5) is 40.8. The molecular weight excluding hydrogens is 284 g/mol. The van der Waals surface area contributed by atoms with E-state index in [4.69, 9.17) is 0 Å². The highest BCUT2D eigenvalue weighted by molar-refractivity contribution is 5.99. The van der Waals surface area contributed by atoms with E-state index in [1.165, 1.54) is 11.7 Å². The number of carbonyl (C=O) groups excluding carboxylic acids is 2. The van der Waals surface area contributed by atoms with Crippen LogP contribution in [-0.4, -0.2) is 23.6 Å². The van der Waals surface area contributed by atoms with Gasteiger partial charge in [0.05, 0.1) is 18.4 Å². The summed E-state index contributed by atoms with van der Waals surface area (Å²) in [5.41, 5.74) is 1.79. The third-order valence-electron chi connectivity index (χ3n) is 4.37. The number of allylic oxidation sites excluding steroid dienone is 1. The van der Waals surface area contributed by atoms with Crippen LogP contribution < -0.4 is 16.3 Å². The molecule has 0 N–H and O–H groups in total. The Hall–Kier alpha value is -2.50. The molecule has 22 heavy (non-hydrogen) atoms. The fourth-order valence-corrected chi connectivity index (χ4v) is 3.12. The smallest absolute Gasteiger partial charge is 0.356 e. The maximum Gasteiger partial charge on any atom is 0.356 e. The van der Waals surface area contributed by atoms with Crippen LogP contribution in [0.2, 0.25) is 0 Å². The van der Waals surface area contributed by atoms with Gasteiger partial charge >= 0.3 is 5.97 Å². The van der Waals surface area contributed by atoms with Crippen LogP contribution in [0.5, 0.6) is 0 Å². The zero-order valence-electron chi connectivity index (χ0n) is 12.9. The van der Waals surface area contributed by atoms with Crippen molar-refractivity contribution in [2.24, 2.45) is 10.9 Å². The van der Waals surface area contributed by atoms with E-state index in [0.29, 0.717) is 22.9 Å². The number of pyridine rings is 1. The number of hydrogen-bond acceptors (Lipinski definition) is 5. The Bertz CT molecular complexity index is 934. The first-order chi connectivity index (χ1) is 10.4. The SMILES string of the molecule is CCC1=c2cc3c(c(=O)n2C(=O)C1C)=NC(C(=O)OC)=C3C. The van der Waals surface area contributed by atoms with Crippen LogP contribution in [0.15, 0.2) is 21.6 Å². The van der Waals surface area contributed by atoms with Crippen molar-refractivity contribution in [2.45, 2.75) is 27.2 Å². The molecular formula is C16H16N2O4. The van der Waals surface area contributed by atoms with Crippen LogP contribution in [0, 0.1) is 5.92 Å². The summed E-state index contributed by atoms with van der Waals surface area (Å²) in [6, 6.07) is 1.78. The van der Waals surface area contributed by atoms with Crippen molar-refractivity contribution in [1.82, 2.24) is 4.57 Å². The molecule has 0 aliphatic carbocycles. The Labute approximate surface area is 126 Å². The highest BCUT2D eigenvalue weighted by atomic mass is 16.5. The molecule has 6 heteroatoms. The van der Waals surface area contributed by atoms with Gasteiger partial charge in [-0.1, -0.05) is 6.92 Å². The molecule has 0 bridgehead atoms. The molecule has 3 rings (SSSR count). The van der Waals surface area contributed by atoms with E-state index in [0.717, 1.165) is 5.57 Å². The van der Waals surface area contributed by atoms with Crippen LogP contribution in [-0.2, 0) is 9.53 Å².